The number of aryl methyl sites for hydroxylation is 2. The average molecular weight is 308 g/mol. The maximum absolute atomic E-state index is 13.4. The fourth-order valence-electron chi connectivity index (χ4n) is 1.96. The summed E-state index contributed by atoms with van der Waals surface area (Å²) in [7, 11) is 0. The molecule has 2 aromatic carbocycles. The number of benzene rings is 2. The number of halogens is 2. The van der Waals surface area contributed by atoms with Crippen LogP contribution in [0.1, 0.15) is 16.7 Å². The molecule has 94 valence electrons. The predicted molar refractivity (Wildman–Crippen MR) is 77.3 cm³/mol. The van der Waals surface area contributed by atoms with Gasteiger partial charge in [0.25, 0.3) is 0 Å². The Kier molecular flexibility index (Phi) is 4.02. The fraction of sp³-hybridized carbons (Fsp3) is 0.200. The van der Waals surface area contributed by atoms with Gasteiger partial charge in [0.2, 0.25) is 0 Å². The van der Waals surface area contributed by atoms with Crippen molar-refractivity contribution in [3.63, 3.8) is 0 Å². The standard InChI is InChI=1S/C15H15BrFN/c1-10-6-11(2)8-13(7-10)18-9-12-4-3-5-14(17)15(12)16/h3-8,18H,9H2,1-2H3. The van der Waals surface area contributed by atoms with Crippen LogP contribution in [-0.4, -0.2) is 0 Å². The van der Waals surface area contributed by atoms with Crippen LogP contribution in [0.2, 0.25) is 0 Å². The summed E-state index contributed by atoms with van der Waals surface area (Å²) in [6.45, 7) is 4.73. The van der Waals surface area contributed by atoms with Crippen molar-refractivity contribution >= 4 is 21.6 Å². The van der Waals surface area contributed by atoms with Crippen LogP contribution >= 0.6 is 15.9 Å². The molecule has 0 saturated heterocycles. The van der Waals surface area contributed by atoms with Gasteiger partial charge in [-0.05, 0) is 64.7 Å². The molecule has 0 unspecified atom stereocenters. The minimum Gasteiger partial charge on any atom is -0.381 e. The van der Waals surface area contributed by atoms with Gasteiger partial charge < -0.3 is 5.32 Å². The normalized spacial score (nSPS) is 10.4. The summed E-state index contributed by atoms with van der Waals surface area (Å²) in [4.78, 5) is 0. The van der Waals surface area contributed by atoms with Crippen LogP contribution in [0.3, 0.4) is 0 Å². The molecule has 0 aliphatic carbocycles. The van der Waals surface area contributed by atoms with Crippen molar-refractivity contribution in [2.45, 2.75) is 20.4 Å². The lowest BCUT2D eigenvalue weighted by molar-refractivity contribution is 0.618. The quantitative estimate of drug-likeness (QED) is 0.857. The third-order valence-corrected chi connectivity index (χ3v) is 3.62. The molecule has 0 aromatic heterocycles. The van der Waals surface area contributed by atoms with Crippen LogP contribution < -0.4 is 5.32 Å². The largest absolute Gasteiger partial charge is 0.381 e. The Hall–Kier alpha value is -1.35. The van der Waals surface area contributed by atoms with E-state index in [-0.39, 0.29) is 5.82 Å². The maximum atomic E-state index is 13.4. The molecule has 0 amide bonds. The molecule has 0 fully saturated rings. The van der Waals surface area contributed by atoms with Crippen molar-refractivity contribution in [2.75, 3.05) is 5.32 Å². The topological polar surface area (TPSA) is 12.0 Å². The highest BCUT2D eigenvalue weighted by Crippen LogP contribution is 2.22. The maximum Gasteiger partial charge on any atom is 0.137 e. The highest BCUT2D eigenvalue weighted by atomic mass is 79.9. The van der Waals surface area contributed by atoms with E-state index < -0.39 is 0 Å². The van der Waals surface area contributed by atoms with Crippen molar-refractivity contribution in [3.05, 3.63) is 63.4 Å². The molecule has 0 heterocycles. The van der Waals surface area contributed by atoms with Gasteiger partial charge in [-0.2, -0.15) is 0 Å². The smallest absolute Gasteiger partial charge is 0.137 e. The first-order chi connectivity index (χ1) is 8.56. The third-order valence-electron chi connectivity index (χ3n) is 2.74. The van der Waals surface area contributed by atoms with E-state index in [2.05, 4.69) is 53.3 Å². The summed E-state index contributed by atoms with van der Waals surface area (Å²) in [6.07, 6.45) is 0. The molecule has 0 atom stereocenters. The molecule has 0 aliphatic rings. The van der Waals surface area contributed by atoms with Gasteiger partial charge in [0.05, 0.1) is 4.47 Å². The molecule has 2 aromatic rings. The predicted octanol–water partition coefficient (Wildman–Crippen LogP) is 4.82. The van der Waals surface area contributed by atoms with Crippen molar-refractivity contribution in [2.24, 2.45) is 0 Å². The molecule has 18 heavy (non-hydrogen) atoms. The zero-order chi connectivity index (χ0) is 13.1. The van der Waals surface area contributed by atoms with Crippen molar-refractivity contribution in [1.82, 2.24) is 0 Å². The van der Waals surface area contributed by atoms with E-state index in [1.807, 2.05) is 6.07 Å². The van der Waals surface area contributed by atoms with E-state index in [1.165, 1.54) is 17.2 Å². The number of rotatable bonds is 3. The Labute approximate surface area is 115 Å². The lowest BCUT2D eigenvalue weighted by atomic mass is 10.1. The van der Waals surface area contributed by atoms with E-state index in [9.17, 15) is 4.39 Å². The highest BCUT2D eigenvalue weighted by Gasteiger charge is 2.04. The van der Waals surface area contributed by atoms with Crippen LogP contribution in [0.25, 0.3) is 0 Å². The molecule has 2 rings (SSSR count). The number of hydrogen-bond donors (Lipinski definition) is 1. The summed E-state index contributed by atoms with van der Waals surface area (Å²) >= 11 is 3.27. The molecular weight excluding hydrogens is 293 g/mol. The molecule has 0 bridgehead atoms. The van der Waals surface area contributed by atoms with E-state index in [1.54, 1.807) is 6.07 Å². The van der Waals surface area contributed by atoms with Crippen molar-refractivity contribution < 1.29 is 4.39 Å². The molecule has 0 spiro atoms. The molecule has 0 radical (unpaired) electrons. The minimum absolute atomic E-state index is 0.227. The van der Waals surface area contributed by atoms with Gasteiger partial charge in [-0.25, -0.2) is 4.39 Å². The minimum atomic E-state index is -0.227. The first-order valence-electron chi connectivity index (χ1n) is 5.81. The first-order valence-corrected chi connectivity index (χ1v) is 6.60. The molecule has 0 saturated carbocycles. The van der Waals surface area contributed by atoms with Gasteiger partial charge in [-0.15, -0.1) is 0 Å². The van der Waals surface area contributed by atoms with E-state index in [0.29, 0.717) is 11.0 Å². The van der Waals surface area contributed by atoms with Gasteiger partial charge in [-0.1, -0.05) is 18.2 Å². The second-order valence-corrected chi connectivity index (χ2v) is 5.24. The van der Waals surface area contributed by atoms with Crippen LogP contribution in [-0.2, 0) is 6.54 Å². The summed E-state index contributed by atoms with van der Waals surface area (Å²) in [5.74, 6) is -0.227. The average Bonchev–Trinajstić information content (AvgIpc) is 2.30. The Morgan fingerprint density at radius 1 is 1.11 bits per heavy atom. The van der Waals surface area contributed by atoms with E-state index in [4.69, 9.17) is 0 Å². The first kappa shape index (κ1) is 13.1. The van der Waals surface area contributed by atoms with Crippen LogP contribution in [0.4, 0.5) is 10.1 Å². The number of hydrogen-bond acceptors (Lipinski definition) is 1. The number of anilines is 1. The Morgan fingerprint density at radius 3 is 2.44 bits per heavy atom. The lowest BCUT2D eigenvalue weighted by Crippen LogP contribution is -2.01. The Bertz CT molecular complexity index is 546. The lowest BCUT2D eigenvalue weighted by Gasteiger charge is -2.10. The van der Waals surface area contributed by atoms with E-state index in [0.717, 1.165) is 11.3 Å². The Morgan fingerprint density at radius 2 is 1.78 bits per heavy atom. The number of nitrogens with one attached hydrogen (secondary N) is 1. The highest BCUT2D eigenvalue weighted by molar-refractivity contribution is 9.10. The van der Waals surface area contributed by atoms with Crippen LogP contribution in [0, 0.1) is 19.7 Å². The third kappa shape index (κ3) is 3.10. The molecular formula is C15H15BrFN. The second-order valence-electron chi connectivity index (χ2n) is 4.44. The zero-order valence-corrected chi connectivity index (χ0v) is 12.0. The van der Waals surface area contributed by atoms with Gasteiger partial charge in [0, 0.05) is 12.2 Å². The fourth-order valence-corrected chi connectivity index (χ4v) is 2.36. The van der Waals surface area contributed by atoms with Gasteiger partial charge in [0.15, 0.2) is 0 Å². The molecule has 1 nitrogen and oxygen atoms in total. The summed E-state index contributed by atoms with van der Waals surface area (Å²) < 4.78 is 13.9. The molecule has 0 aliphatic heterocycles. The van der Waals surface area contributed by atoms with Gasteiger partial charge in [0.1, 0.15) is 5.82 Å². The molecule has 3 heteroatoms. The monoisotopic (exact) mass is 307 g/mol. The van der Waals surface area contributed by atoms with Gasteiger partial charge in [-0.3, -0.25) is 0 Å². The second kappa shape index (κ2) is 5.53. The van der Waals surface area contributed by atoms with Crippen molar-refractivity contribution in [1.29, 1.82) is 0 Å². The van der Waals surface area contributed by atoms with Gasteiger partial charge >= 0.3 is 0 Å². The van der Waals surface area contributed by atoms with Crippen LogP contribution in [0.15, 0.2) is 40.9 Å². The summed E-state index contributed by atoms with van der Waals surface area (Å²) in [5.41, 5.74) is 4.41. The SMILES string of the molecule is Cc1cc(C)cc(NCc2cccc(F)c2Br)c1. The summed E-state index contributed by atoms with van der Waals surface area (Å²) in [5, 5.41) is 3.31. The Balaban J connectivity index is 2.14. The summed E-state index contributed by atoms with van der Waals surface area (Å²) in [6, 6.07) is 11.4. The van der Waals surface area contributed by atoms with E-state index >= 15 is 0 Å². The van der Waals surface area contributed by atoms with Crippen molar-refractivity contribution in [3.8, 4) is 0 Å². The molecule has 1 N–H and O–H groups in total. The van der Waals surface area contributed by atoms with Crippen LogP contribution in [0.5, 0.6) is 0 Å². The zero-order valence-electron chi connectivity index (χ0n) is 10.4.